The molecule has 2 aromatic heterocycles. The molecule has 4 fully saturated rings. The fourth-order valence-corrected chi connectivity index (χ4v) is 6.62. The van der Waals surface area contributed by atoms with Crippen LogP contribution in [-0.2, 0) is 18.9 Å². The summed E-state index contributed by atoms with van der Waals surface area (Å²) >= 11 is 0. The number of piperidine rings is 1. The van der Waals surface area contributed by atoms with Gasteiger partial charge in [-0.15, -0.1) is 0 Å². The Kier molecular flexibility index (Phi) is 6.09. The summed E-state index contributed by atoms with van der Waals surface area (Å²) in [4.78, 5) is 25.5. The molecule has 2 aromatic rings. The van der Waals surface area contributed by atoms with Crippen molar-refractivity contribution in [1.82, 2.24) is 29.4 Å². The molecular formula is C26H39N7O5. The third kappa shape index (κ3) is 4.51. The third-order valence-corrected chi connectivity index (χ3v) is 8.30. The molecule has 0 radical (unpaired) electrons. The number of anilines is 1. The van der Waals surface area contributed by atoms with Crippen molar-refractivity contribution in [3.05, 3.63) is 18.1 Å². The predicted octanol–water partition coefficient (Wildman–Crippen LogP) is 2.53. The molecule has 208 valence electrons. The third-order valence-electron chi connectivity index (χ3n) is 8.30. The minimum absolute atomic E-state index is 0.0521. The van der Waals surface area contributed by atoms with Gasteiger partial charge in [0.05, 0.1) is 6.20 Å². The van der Waals surface area contributed by atoms with Gasteiger partial charge in [-0.1, -0.05) is 0 Å². The number of hydrogen-bond donors (Lipinski definition) is 1. The van der Waals surface area contributed by atoms with Gasteiger partial charge in [-0.3, -0.25) is 4.90 Å². The van der Waals surface area contributed by atoms with Crippen molar-refractivity contribution in [1.29, 1.82) is 0 Å². The van der Waals surface area contributed by atoms with E-state index in [1.807, 2.05) is 39.5 Å². The number of carbonyl (C=O) groups excluding carboxylic acids is 1. The first-order valence-corrected chi connectivity index (χ1v) is 13.6. The molecule has 1 amide bonds. The lowest BCUT2D eigenvalue weighted by atomic mass is 9.84. The van der Waals surface area contributed by atoms with E-state index in [4.69, 9.17) is 24.7 Å². The predicted molar refractivity (Wildman–Crippen MR) is 137 cm³/mol. The Labute approximate surface area is 222 Å². The van der Waals surface area contributed by atoms with Crippen LogP contribution in [0.25, 0.3) is 5.65 Å². The van der Waals surface area contributed by atoms with Crippen LogP contribution in [0.1, 0.15) is 72.0 Å². The van der Waals surface area contributed by atoms with Gasteiger partial charge in [-0.2, -0.15) is 9.61 Å². The van der Waals surface area contributed by atoms with Crippen LogP contribution in [0.3, 0.4) is 0 Å². The van der Waals surface area contributed by atoms with E-state index in [0.717, 1.165) is 44.3 Å². The molecule has 38 heavy (non-hydrogen) atoms. The second kappa shape index (κ2) is 9.00. The summed E-state index contributed by atoms with van der Waals surface area (Å²) < 4.78 is 26.6. The molecule has 6 heterocycles. The van der Waals surface area contributed by atoms with Crippen molar-refractivity contribution >= 4 is 17.7 Å². The fraction of sp³-hybridized carbons (Fsp3) is 0.769. The molecule has 12 heteroatoms. The van der Waals surface area contributed by atoms with Gasteiger partial charge in [0.15, 0.2) is 11.4 Å². The van der Waals surface area contributed by atoms with Gasteiger partial charge in [0.2, 0.25) is 5.95 Å². The second-order valence-electron chi connectivity index (χ2n) is 12.5. The van der Waals surface area contributed by atoms with Gasteiger partial charge in [-0.05, 0) is 66.8 Å². The molecule has 4 aliphatic rings. The van der Waals surface area contributed by atoms with Gasteiger partial charge in [-0.25, -0.2) is 14.8 Å². The van der Waals surface area contributed by atoms with E-state index in [9.17, 15) is 4.79 Å². The quantitative estimate of drug-likeness (QED) is 0.633. The SMILES string of the molecule is CC(C)(C)OC(=O)N1CCC2(CCCN2CC2O[C@@H](c3cnn4c(N)ncnc34)[C@@H]3OC(C)(C)O[C@H]23)CC1. The van der Waals surface area contributed by atoms with Crippen LogP contribution in [0.5, 0.6) is 0 Å². The van der Waals surface area contributed by atoms with Crippen molar-refractivity contribution in [2.24, 2.45) is 0 Å². The van der Waals surface area contributed by atoms with Gasteiger partial charge >= 0.3 is 6.09 Å². The van der Waals surface area contributed by atoms with E-state index in [1.54, 1.807) is 6.20 Å². The van der Waals surface area contributed by atoms with Crippen molar-refractivity contribution in [3.8, 4) is 0 Å². The van der Waals surface area contributed by atoms with E-state index < -0.39 is 11.4 Å². The number of nitrogen functional groups attached to an aromatic ring is 1. The van der Waals surface area contributed by atoms with E-state index in [1.165, 1.54) is 10.8 Å². The minimum Gasteiger partial charge on any atom is -0.444 e. The largest absolute Gasteiger partial charge is 0.444 e. The minimum atomic E-state index is -0.714. The number of carbonyl (C=O) groups is 1. The van der Waals surface area contributed by atoms with Crippen LogP contribution in [0.4, 0.5) is 10.7 Å². The summed E-state index contributed by atoms with van der Waals surface area (Å²) in [6.45, 7) is 12.7. The molecule has 0 saturated carbocycles. The normalized spacial score (nSPS) is 30.8. The zero-order valence-electron chi connectivity index (χ0n) is 22.9. The molecule has 0 aliphatic carbocycles. The Morgan fingerprint density at radius 3 is 2.61 bits per heavy atom. The lowest BCUT2D eigenvalue weighted by Gasteiger charge is -2.46. The first kappa shape index (κ1) is 25.7. The molecule has 1 spiro atoms. The van der Waals surface area contributed by atoms with E-state index in [-0.39, 0.29) is 42.0 Å². The monoisotopic (exact) mass is 529 g/mol. The van der Waals surface area contributed by atoms with Gasteiger partial charge in [0, 0.05) is 30.7 Å². The molecule has 4 atom stereocenters. The Balaban J connectivity index is 1.19. The van der Waals surface area contributed by atoms with Crippen molar-refractivity contribution in [2.75, 3.05) is 31.9 Å². The van der Waals surface area contributed by atoms with Crippen molar-refractivity contribution in [3.63, 3.8) is 0 Å². The molecule has 1 unspecified atom stereocenters. The van der Waals surface area contributed by atoms with Gasteiger partial charge < -0.3 is 29.6 Å². The number of nitrogens with two attached hydrogens (primary N) is 1. The highest BCUT2D eigenvalue weighted by Gasteiger charge is 2.57. The summed E-state index contributed by atoms with van der Waals surface area (Å²) in [5.74, 6) is -0.443. The molecule has 4 aliphatic heterocycles. The number of aromatic nitrogens is 4. The number of amides is 1. The zero-order valence-corrected chi connectivity index (χ0v) is 22.9. The molecule has 0 bridgehead atoms. The molecule has 0 aromatic carbocycles. The zero-order chi connectivity index (χ0) is 26.9. The van der Waals surface area contributed by atoms with Crippen molar-refractivity contribution in [2.45, 2.75) is 102 Å². The maximum atomic E-state index is 12.6. The Morgan fingerprint density at radius 1 is 1.13 bits per heavy atom. The first-order chi connectivity index (χ1) is 17.9. The first-order valence-electron chi connectivity index (χ1n) is 13.6. The van der Waals surface area contributed by atoms with Gasteiger partial charge in [0.25, 0.3) is 0 Å². The standard InChI is InChI=1S/C26H39N7O5/c1-24(2,3)38-23(34)31-11-8-26(9-12-31)7-6-10-32(26)14-17-19-20(37-25(4,5)36-19)18(35-17)16-13-30-33-21(16)28-15-29-22(33)27/h13,15,17-20H,6-12,14H2,1-5H3,(H2,27,28,29)/t17?,18-,19+,20-/m0/s1. The maximum Gasteiger partial charge on any atom is 0.410 e. The maximum absolute atomic E-state index is 12.6. The van der Waals surface area contributed by atoms with Crippen LogP contribution < -0.4 is 5.73 Å². The average Bonchev–Trinajstić information content (AvgIpc) is 3.57. The lowest BCUT2D eigenvalue weighted by Crippen LogP contribution is -2.56. The number of likely N-dealkylation sites (tertiary alicyclic amines) is 2. The lowest BCUT2D eigenvalue weighted by molar-refractivity contribution is -0.190. The second-order valence-corrected chi connectivity index (χ2v) is 12.5. The number of hydrogen-bond acceptors (Lipinski definition) is 10. The fourth-order valence-electron chi connectivity index (χ4n) is 6.62. The Morgan fingerprint density at radius 2 is 1.87 bits per heavy atom. The topological polar surface area (TPSA) is 130 Å². The summed E-state index contributed by atoms with van der Waals surface area (Å²) in [6.07, 6.45) is 5.97. The van der Waals surface area contributed by atoms with E-state index in [0.29, 0.717) is 18.7 Å². The highest BCUT2D eigenvalue weighted by molar-refractivity contribution is 5.68. The Bertz CT molecular complexity index is 1200. The van der Waals surface area contributed by atoms with E-state index >= 15 is 0 Å². The van der Waals surface area contributed by atoms with Crippen LogP contribution in [0, 0.1) is 0 Å². The summed E-state index contributed by atoms with van der Waals surface area (Å²) in [5, 5.41) is 4.39. The average molecular weight is 530 g/mol. The number of fused-ring (bicyclic) bond motifs is 2. The molecule has 2 N–H and O–H groups in total. The molecule has 4 saturated heterocycles. The summed E-state index contributed by atoms with van der Waals surface area (Å²) in [7, 11) is 0. The van der Waals surface area contributed by atoms with Crippen LogP contribution in [0.2, 0.25) is 0 Å². The molecule has 12 nitrogen and oxygen atoms in total. The Hall–Kier alpha value is -2.54. The number of ether oxygens (including phenoxy) is 4. The van der Waals surface area contributed by atoms with Crippen LogP contribution >= 0.6 is 0 Å². The van der Waals surface area contributed by atoms with Crippen LogP contribution in [0.15, 0.2) is 12.5 Å². The van der Waals surface area contributed by atoms with Crippen molar-refractivity contribution < 1.29 is 23.7 Å². The highest BCUT2D eigenvalue weighted by Crippen LogP contribution is 2.47. The number of nitrogens with zero attached hydrogens (tertiary/aromatic N) is 6. The molecular weight excluding hydrogens is 490 g/mol. The smallest absolute Gasteiger partial charge is 0.410 e. The van der Waals surface area contributed by atoms with Gasteiger partial charge in [0.1, 0.15) is 36.3 Å². The summed E-state index contributed by atoms with van der Waals surface area (Å²) in [6, 6.07) is 0. The molecule has 6 rings (SSSR count). The highest BCUT2D eigenvalue weighted by atomic mass is 16.8. The number of rotatable bonds is 3. The van der Waals surface area contributed by atoms with E-state index in [2.05, 4.69) is 20.0 Å². The van der Waals surface area contributed by atoms with Crippen LogP contribution in [-0.4, -0.2) is 96.9 Å². The summed E-state index contributed by atoms with van der Waals surface area (Å²) in [5.41, 5.74) is 7.00.